The molecule has 0 spiro atoms. The van der Waals surface area contributed by atoms with Gasteiger partial charge in [-0.15, -0.1) is 0 Å². The van der Waals surface area contributed by atoms with E-state index in [-0.39, 0.29) is 17.9 Å². The van der Waals surface area contributed by atoms with Gasteiger partial charge in [0.05, 0.1) is 12.2 Å². The topological polar surface area (TPSA) is 86.9 Å². The highest BCUT2D eigenvalue weighted by molar-refractivity contribution is 5.95. The molecule has 1 aromatic heterocycles. The van der Waals surface area contributed by atoms with Crippen LogP contribution in [-0.2, 0) is 4.79 Å². The van der Waals surface area contributed by atoms with Crippen LogP contribution < -0.4 is 10.6 Å². The SMILES string of the molecule is CC(=O)NC[C@@H](NC(=O)c1ccc(-c2cn[nH]c2)c(C)c1)c1ccccc1. The molecule has 0 bridgehead atoms. The van der Waals surface area contributed by atoms with Crippen molar-refractivity contribution < 1.29 is 9.59 Å². The number of benzene rings is 2. The second-order valence-corrected chi connectivity index (χ2v) is 6.39. The molecule has 0 unspecified atom stereocenters. The Morgan fingerprint density at radius 3 is 2.56 bits per heavy atom. The number of H-pyrrole nitrogens is 1. The van der Waals surface area contributed by atoms with Crippen LogP contribution in [0.25, 0.3) is 11.1 Å². The maximum atomic E-state index is 12.8. The van der Waals surface area contributed by atoms with E-state index in [1.807, 2.05) is 55.6 Å². The highest BCUT2D eigenvalue weighted by Crippen LogP contribution is 2.23. The lowest BCUT2D eigenvalue weighted by molar-refractivity contribution is -0.119. The predicted octanol–water partition coefficient (Wildman–Crippen LogP) is 2.99. The molecule has 0 aliphatic rings. The predicted molar refractivity (Wildman–Crippen MR) is 104 cm³/mol. The highest BCUT2D eigenvalue weighted by atomic mass is 16.2. The third-order valence-electron chi connectivity index (χ3n) is 4.36. The Hall–Kier alpha value is -3.41. The van der Waals surface area contributed by atoms with Crippen LogP contribution in [0.1, 0.15) is 34.5 Å². The number of nitrogens with zero attached hydrogens (tertiary/aromatic N) is 1. The number of aromatic amines is 1. The van der Waals surface area contributed by atoms with Crippen LogP contribution in [0.3, 0.4) is 0 Å². The van der Waals surface area contributed by atoms with Gasteiger partial charge in [0.2, 0.25) is 5.91 Å². The Labute approximate surface area is 158 Å². The highest BCUT2D eigenvalue weighted by Gasteiger charge is 2.17. The standard InChI is InChI=1S/C21H22N4O2/c1-14-10-17(8-9-19(14)18-11-23-24-12-18)21(27)25-20(13-22-15(2)26)16-6-4-3-5-7-16/h3-12,20H,13H2,1-2H3,(H,22,26)(H,23,24)(H,25,27)/t20-/m1/s1. The van der Waals surface area contributed by atoms with Crippen molar-refractivity contribution in [3.63, 3.8) is 0 Å². The molecular weight excluding hydrogens is 340 g/mol. The second-order valence-electron chi connectivity index (χ2n) is 6.39. The molecule has 2 aromatic carbocycles. The van der Waals surface area contributed by atoms with Gasteiger partial charge in [-0.25, -0.2) is 0 Å². The van der Waals surface area contributed by atoms with E-state index >= 15 is 0 Å². The van der Waals surface area contributed by atoms with Gasteiger partial charge in [-0.2, -0.15) is 5.10 Å². The van der Waals surface area contributed by atoms with Crippen LogP contribution in [0.4, 0.5) is 0 Å². The van der Waals surface area contributed by atoms with E-state index < -0.39 is 0 Å². The van der Waals surface area contributed by atoms with E-state index in [4.69, 9.17) is 0 Å². The smallest absolute Gasteiger partial charge is 0.251 e. The summed E-state index contributed by atoms with van der Waals surface area (Å²) in [7, 11) is 0. The molecule has 0 saturated carbocycles. The van der Waals surface area contributed by atoms with Crippen molar-refractivity contribution in [1.82, 2.24) is 20.8 Å². The van der Waals surface area contributed by atoms with Gasteiger partial charge in [0.15, 0.2) is 0 Å². The molecule has 6 nitrogen and oxygen atoms in total. The maximum Gasteiger partial charge on any atom is 0.251 e. The molecule has 138 valence electrons. The first kappa shape index (κ1) is 18.4. The zero-order valence-corrected chi connectivity index (χ0v) is 15.3. The zero-order valence-electron chi connectivity index (χ0n) is 15.3. The summed E-state index contributed by atoms with van der Waals surface area (Å²) in [6.07, 6.45) is 3.57. The van der Waals surface area contributed by atoms with E-state index in [1.165, 1.54) is 6.92 Å². The molecule has 0 aliphatic carbocycles. The minimum absolute atomic E-state index is 0.134. The van der Waals surface area contributed by atoms with Gasteiger partial charge in [-0.1, -0.05) is 36.4 Å². The largest absolute Gasteiger partial charge is 0.354 e. The number of aryl methyl sites for hydroxylation is 1. The van der Waals surface area contributed by atoms with Crippen LogP contribution in [-0.4, -0.2) is 28.6 Å². The van der Waals surface area contributed by atoms with Gasteiger partial charge < -0.3 is 10.6 Å². The molecular formula is C21H22N4O2. The summed E-state index contributed by atoms with van der Waals surface area (Å²) >= 11 is 0. The Kier molecular flexibility index (Phi) is 5.66. The molecule has 3 N–H and O–H groups in total. The number of nitrogens with one attached hydrogen (secondary N) is 3. The van der Waals surface area contributed by atoms with E-state index in [0.29, 0.717) is 12.1 Å². The van der Waals surface area contributed by atoms with E-state index in [9.17, 15) is 9.59 Å². The van der Waals surface area contributed by atoms with Gasteiger partial charge in [-0.3, -0.25) is 14.7 Å². The minimum atomic E-state index is -0.309. The Morgan fingerprint density at radius 2 is 1.93 bits per heavy atom. The van der Waals surface area contributed by atoms with E-state index in [1.54, 1.807) is 12.3 Å². The van der Waals surface area contributed by atoms with Crippen molar-refractivity contribution in [3.05, 3.63) is 77.6 Å². The minimum Gasteiger partial charge on any atom is -0.354 e. The maximum absolute atomic E-state index is 12.8. The van der Waals surface area contributed by atoms with Crippen molar-refractivity contribution in [3.8, 4) is 11.1 Å². The van der Waals surface area contributed by atoms with E-state index in [2.05, 4.69) is 20.8 Å². The molecule has 0 fully saturated rings. The Bertz CT molecular complexity index is 921. The number of carbonyl (C=O) groups is 2. The molecule has 6 heteroatoms. The van der Waals surface area contributed by atoms with Crippen molar-refractivity contribution >= 4 is 11.8 Å². The summed E-state index contributed by atoms with van der Waals surface area (Å²) in [6.45, 7) is 3.75. The molecule has 0 saturated heterocycles. The number of rotatable bonds is 6. The third-order valence-corrected chi connectivity index (χ3v) is 4.36. The Morgan fingerprint density at radius 1 is 1.15 bits per heavy atom. The van der Waals surface area contributed by atoms with Gasteiger partial charge in [0.1, 0.15) is 0 Å². The van der Waals surface area contributed by atoms with Crippen LogP contribution in [0.5, 0.6) is 0 Å². The van der Waals surface area contributed by atoms with Crippen molar-refractivity contribution in [2.75, 3.05) is 6.54 Å². The lowest BCUT2D eigenvalue weighted by Crippen LogP contribution is -2.37. The zero-order chi connectivity index (χ0) is 19.2. The lowest BCUT2D eigenvalue weighted by atomic mass is 10.00. The van der Waals surface area contributed by atoms with Crippen molar-refractivity contribution in [2.45, 2.75) is 19.9 Å². The third kappa shape index (κ3) is 4.61. The second kappa shape index (κ2) is 8.31. The fourth-order valence-corrected chi connectivity index (χ4v) is 2.95. The fourth-order valence-electron chi connectivity index (χ4n) is 2.95. The number of hydrogen-bond acceptors (Lipinski definition) is 3. The van der Waals surface area contributed by atoms with Crippen LogP contribution in [0.2, 0.25) is 0 Å². The molecule has 0 radical (unpaired) electrons. The van der Waals surface area contributed by atoms with Crippen LogP contribution >= 0.6 is 0 Å². The first-order valence-electron chi connectivity index (χ1n) is 8.74. The molecule has 1 atom stereocenters. The Balaban J connectivity index is 1.79. The summed E-state index contributed by atoms with van der Waals surface area (Å²) < 4.78 is 0. The van der Waals surface area contributed by atoms with Gasteiger partial charge >= 0.3 is 0 Å². The number of aromatic nitrogens is 2. The van der Waals surface area contributed by atoms with Crippen LogP contribution in [0, 0.1) is 6.92 Å². The van der Waals surface area contributed by atoms with Gasteiger partial charge in [0, 0.05) is 30.8 Å². The molecule has 27 heavy (non-hydrogen) atoms. The van der Waals surface area contributed by atoms with Gasteiger partial charge in [0.25, 0.3) is 5.91 Å². The van der Waals surface area contributed by atoms with Gasteiger partial charge in [-0.05, 0) is 35.7 Å². The fraction of sp³-hybridized carbons (Fsp3) is 0.190. The van der Waals surface area contributed by atoms with Crippen LogP contribution in [0.15, 0.2) is 60.9 Å². The quantitative estimate of drug-likeness (QED) is 0.630. The molecule has 3 aromatic rings. The van der Waals surface area contributed by atoms with Crippen molar-refractivity contribution in [1.29, 1.82) is 0 Å². The molecule has 2 amide bonds. The number of carbonyl (C=O) groups excluding carboxylic acids is 2. The van der Waals surface area contributed by atoms with Crippen molar-refractivity contribution in [2.24, 2.45) is 0 Å². The normalized spacial score (nSPS) is 11.6. The molecule has 1 heterocycles. The average Bonchev–Trinajstić information content (AvgIpc) is 3.19. The van der Waals surface area contributed by atoms with E-state index in [0.717, 1.165) is 22.3 Å². The first-order chi connectivity index (χ1) is 13.0. The molecule has 3 rings (SSSR count). The lowest BCUT2D eigenvalue weighted by Gasteiger charge is -2.20. The first-order valence-corrected chi connectivity index (χ1v) is 8.74. The summed E-state index contributed by atoms with van der Waals surface area (Å²) in [5.74, 6) is -0.318. The summed E-state index contributed by atoms with van der Waals surface area (Å²) in [6, 6.07) is 14.9. The number of hydrogen-bond donors (Lipinski definition) is 3. The number of amides is 2. The summed E-state index contributed by atoms with van der Waals surface area (Å²) in [5, 5.41) is 12.6. The average molecular weight is 362 g/mol. The summed E-state index contributed by atoms with van der Waals surface area (Å²) in [5.41, 5.74) is 4.50. The summed E-state index contributed by atoms with van der Waals surface area (Å²) in [4.78, 5) is 24.1. The monoisotopic (exact) mass is 362 g/mol. The molecule has 0 aliphatic heterocycles.